The van der Waals surface area contributed by atoms with Crippen LogP contribution < -0.4 is 10.6 Å². The molecule has 1 amide bonds. The minimum absolute atomic E-state index is 0.0980. The summed E-state index contributed by atoms with van der Waals surface area (Å²) < 4.78 is 33.1. The summed E-state index contributed by atoms with van der Waals surface area (Å²) in [4.78, 5) is 12.3. The quantitative estimate of drug-likeness (QED) is 0.817. The number of nitrogens with one attached hydrogen (secondary N) is 2. The SMILES string of the molecule is O=C(Nc1ccccc1-c1cccc(F)c1F)OCC1CC2CCC(C1)N2. The minimum atomic E-state index is -0.940. The summed E-state index contributed by atoms with van der Waals surface area (Å²) in [5.41, 5.74) is 0.893. The third kappa shape index (κ3) is 3.95. The van der Waals surface area contributed by atoms with Crippen LogP contribution >= 0.6 is 0 Å². The Morgan fingerprint density at radius 1 is 1.04 bits per heavy atom. The number of halogens is 2. The van der Waals surface area contributed by atoms with Crippen LogP contribution in [-0.2, 0) is 4.74 Å². The number of fused-ring (bicyclic) bond motifs is 2. The van der Waals surface area contributed by atoms with E-state index < -0.39 is 17.7 Å². The summed E-state index contributed by atoms with van der Waals surface area (Å²) >= 11 is 0. The average molecular weight is 372 g/mol. The lowest BCUT2D eigenvalue weighted by atomic mass is 9.93. The van der Waals surface area contributed by atoms with E-state index in [2.05, 4.69) is 10.6 Å². The van der Waals surface area contributed by atoms with Gasteiger partial charge in [0.25, 0.3) is 0 Å². The smallest absolute Gasteiger partial charge is 0.411 e. The maximum absolute atomic E-state index is 14.2. The van der Waals surface area contributed by atoms with Gasteiger partial charge in [-0.25, -0.2) is 13.6 Å². The van der Waals surface area contributed by atoms with Crippen LogP contribution in [-0.4, -0.2) is 24.8 Å². The van der Waals surface area contributed by atoms with Crippen LogP contribution in [0, 0.1) is 17.6 Å². The van der Waals surface area contributed by atoms with E-state index in [0.717, 1.165) is 18.9 Å². The van der Waals surface area contributed by atoms with E-state index in [1.165, 1.54) is 25.0 Å². The van der Waals surface area contributed by atoms with E-state index in [9.17, 15) is 13.6 Å². The zero-order valence-corrected chi connectivity index (χ0v) is 14.9. The zero-order chi connectivity index (χ0) is 18.8. The number of hydrogen-bond donors (Lipinski definition) is 2. The highest BCUT2D eigenvalue weighted by Crippen LogP contribution is 2.32. The number of piperidine rings is 1. The lowest BCUT2D eigenvalue weighted by Crippen LogP contribution is -2.39. The van der Waals surface area contributed by atoms with Gasteiger partial charge in [0.1, 0.15) is 0 Å². The number of ether oxygens (including phenoxy) is 1. The Morgan fingerprint density at radius 2 is 1.74 bits per heavy atom. The highest BCUT2D eigenvalue weighted by atomic mass is 19.2. The molecule has 2 aliphatic heterocycles. The van der Waals surface area contributed by atoms with Gasteiger partial charge < -0.3 is 10.1 Å². The standard InChI is InChI=1S/C21H22F2N2O2/c22-18-6-3-5-17(20(18)23)16-4-1-2-7-19(16)25-21(26)27-12-13-10-14-8-9-15(11-13)24-14/h1-7,13-15,24H,8-12H2,(H,25,26). The Labute approximate surface area is 156 Å². The van der Waals surface area contributed by atoms with Crippen molar-refractivity contribution in [1.29, 1.82) is 0 Å². The Morgan fingerprint density at radius 3 is 2.52 bits per heavy atom. The average Bonchev–Trinajstić information content (AvgIpc) is 3.01. The molecule has 2 N–H and O–H groups in total. The van der Waals surface area contributed by atoms with Crippen LogP contribution in [0.2, 0.25) is 0 Å². The normalized spacial score (nSPS) is 23.9. The van der Waals surface area contributed by atoms with E-state index >= 15 is 0 Å². The first-order chi connectivity index (χ1) is 13.1. The number of benzene rings is 2. The first-order valence-corrected chi connectivity index (χ1v) is 9.33. The number of rotatable bonds is 4. The van der Waals surface area contributed by atoms with Gasteiger partial charge in [0.05, 0.1) is 12.3 Å². The van der Waals surface area contributed by atoms with Gasteiger partial charge >= 0.3 is 6.09 Å². The molecule has 4 rings (SSSR count). The first-order valence-electron chi connectivity index (χ1n) is 9.33. The fourth-order valence-electron chi connectivity index (χ4n) is 4.19. The second kappa shape index (κ2) is 7.64. The molecular formula is C21H22F2N2O2. The highest BCUT2D eigenvalue weighted by molar-refractivity contribution is 5.91. The molecule has 0 radical (unpaired) electrons. The molecule has 2 atom stereocenters. The van der Waals surface area contributed by atoms with Gasteiger partial charge in [0.2, 0.25) is 0 Å². The Bertz CT molecular complexity index is 831. The minimum Gasteiger partial charge on any atom is -0.449 e. The van der Waals surface area contributed by atoms with Crippen molar-refractivity contribution in [2.24, 2.45) is 5.92 Å². The number of anilines is 1. The maximum atomic E-state index is 14.2. The van der Waals surface area contributed by atoms with Crippen molar-refractivity contribution < 1.29 is 18.3 Å². The Kier molecular flexibility index (Phi) is 5.07. The summed E-state index contributed by atoms with van der Waals surface area (Å²) in [5, 5.41) is 6.23. The second-order valence-corrected chi connectivity index (χ2v) is 7.35. The third-order valence-electron chi connectivity index (χ3n) is 5.43. The number of carbonyl (C=O) groups excluding carboxylic acids is 1. The Hall–Kier alpha value is -2.47. The fraction of sp³-hybridized carbons (Fsp3) is 0.381. The van der Waals surface area contributed by atoms with Gasteiger partial charge in [-0.05, 0) is 43.7 Å². The van der Waals surface area contributed by atoms with E-state index in [0.29, 0.717) is 35.9 Å². The third-order valence-corrected chi connectivity index (χ3v) is 5.43. The van der Waals surface area contributed by atoms with Crippen molar-refractivity contribution in [3.05, 3.63) is 54.1 Å². The van der Waals surface area contributed by atoms with E-state index in [-0.39, 0.29) is 5.56 Å². The van der Waals surface area contributed by atoms with Crippen molar-refractivity contribution in [2.75, 3.05) is 11.9 Å². The molecule has 2 heterocycles. The molecule has 4 nitrogen and oxygen atoms in total. The maximum Gasteiger partial charge on any atom is 0.411 e. The van der Waals surface area contributed by atoms with Crippen LogP contribution in [0.3, 0.4) is 0 Å². The van der Waals surface area contributed by atoms with Gasteiger partial charge in [-0.3, -0.25) is 5.32 Å². The lowest BCUT2D eigenvalue weighted by Gasteiger charge is -2.28. The molecule has 0 aliphatic carbocycles. The summed E-state index contributed by atoms with van der Waals surface area (Å²) in [5.74, 6) is -1.50. The van der Waals surface area contributed by atoms with Crippen LogP contribution in [0.15, 0.2) is 42.5 Å². The van der Waals surface area contributed by atoms with Crippen molar-refractivity contribution in [2.45, 2.75) is 37.8 Å². The number of carbonyl (C=O) groups is 1. The molecule has 2 fully saturated rings. The largest absolute Gasteiger partial charge is 0.449 e. The van der Waals surface area contributed by atoms with Crippen molar-refractivity contribution in [1.82, 2.24) is 5.32 Å². The van der Waals surface area contributed by atoms with Crippen LogP contribution in [0.1, 0.15) is 25.7 Å². The fourth-order valence-corrected chi connectivity index (χ4v) is 4.19. The van der Waals surface area contributed by atoms with Gasteiger partial charge in [0.15, 0.2) is 11.6 Å². The molecule has 142 valence electrons. The van der Waals surface area contributed by atoms with E-state index in [1.807, 2.05) is 0 Å². The molecule has 2 saturated heterocycles. The molecular weight excluding hydrogens is 350 g/mol. The zero-order valence-electron chi connectivity index (χ0n) is 14.9. The van der Waals surface area contributed by atoms with Gasteiger partial charge in [-0.1, -0.05) is 30.3 Å². The molecule has 0 spiro atoms. The molecule has 2 aromatic rings. The lowest BCUT2D eigenvalue weighted by molar-refractivity contribution is 0.122. The summed E-state index contributed by atoms with van der Waals surface area (Å²) in [7, 11) is 0. The van der Waals surface area contributed by atoms with E-state index in [1.54, 1.807) is 24.3 Å². The molecule has 2 unspecified atom stereocenters. The number of amides is 1. The molecule has 6 heteroatoms. The van der Waals surface area contributed by atoms with Crippen LogP contribution in [0.4, 0.5) is 19.3 Å². The molecule has 0 saturated carbocycles. The second-order valence-electron chi connectivity index (χ2n) is 7.35. The van der Waals surface area contributed by atoms with Crippen LogP contribution in [0.25, 0.3) is 11.1 Å². The summed E-state index contributed by atoms with van der Waals surface area (Å²) in [6.45, 7) is 0.372. The summed E-state index contributed by atoms with van der Waals surface area (Å²) in [6.07, 6.45) is 3.86. The molecule has 2 bridgehead atoms. The van der Waals surface area contributed by atoms with Gasteiger partial charge in [0, 0.05) is 23.2 Å². The molecule has 2 aliphatic rings. The van der Waals surface area contributed by atoms with Gasteiger partial charge in [-0.15, -0.1) is 0 Å². The van der Waals surface area contributed by atoms with E-state index in [4.69, 9.17) is 4.74 Å². The number of para-hydroxylation sites is 1. The monoisotopic (exact) mass is 372 g/mol. The topological polar surface area (TPSA) is 50.4 Å². The predicted molar refractivity (Wildman–Crippen MR) is 99.4 cm³/mol. The van der Waals surface area contributed by atoms with Gasteiger partial charge in [-0.2, -0.15) is 0 Å². The predicted octanol–water partition coefficient (Wildman–Crippen LogP) is 4.71. The van der Waals surface area contributed by atoms with Crippen LogP contribution in [0.5, 0.6) is 0 Å². The van der Waals surface area contributed by atoms with Crippen molar-refractivity contribution in [3.8, 4) is 11.1 Å². The number of hydrogen-bond acceptors (Lipinski definition) is 3. The highest BCUT2D eigenvalue weighted by Gasteiger charge is 2.33. The molecule has 2 aromatic carbocycles. The first kappa shape index (κ1) is 17.9. The molecule has 0 aromatic heterocycles. The molecule has 27 heavy (non-hydrogen) atoms. The van der Waals surface area contributed by atoms with Crippen molar-refractivity contribution >= 4 is 11.8 Å². The van der Waals surface area contributed by atoms with Crippen molar-refractivity contribution in [3.63, 3.8) is 0 Å². The Balaban J connectivity index is 1.42. The summed E-state index contributed by atoms with van der Waals surface area (Å²) in [6, 6.07) is 11.8.